The minimum atomic E-state index is -0.335. The predicted molar refractivity (Wildman–Crippen MR) is 107 cm³/mol. The van der Waals surface area contributed by atoms with Gasteiger partial charge in [-0.1, -0.05) is 24.3 Å². The second kappa shape index (κ2) is 7.58. The summed E-state index contributed by atoms with van der Waals surface area (Å²) in [6, 6.07) is 14.9. The fourth-order valence-electron chi connectivity index (χ4n) is 3.05. The lowest BCUT2D eigenvalue weighted by molar-refractivity contribution is -0.113. The summed E-state index contributed by atoms with van der Waals surface area (Å²) in [5.74, 6) is 0.607. The van der Waals surface area contributed by atoms with E-state index in [0.29, 0.717) is 10.7 Å². The summed E-state index contributed by atoms with van der Waals surface area (Å²) >= 11 is 5.31. The summed E-state index contributed by atoms with van der Waals surface area (Å²) in [4.78, 5) is 13.0. The third kappa shape index (κ3) is 3.70. The molecule has 0 fully saturated rings. The lowest BCUT2D eigenvalue weighted by atomic mass is 9.91. The molecule has 5 nitrogen and oxygen atoms in total. The zero-order valence-electron chi connectivity index (χ0n) is 14.9. The Morgan fingerprint density at radius 2 is 1.88 bits per heavy atom. The second-order valence-electron chi connectivity index (χ2n) is 6.11. The molecule has 0 unspecified atom stereocenters. The highest BCUT2D eigenvalue weighted by Gasteiger charge is 2.30. The summed E-state index contributed by atoms with van der Waals surface area (Å²) in [6.07, 6.45) is 0. The number of amides is 1. The highest BCUT2D eigenvalue weighted by Crippen LogP contribution is 2.31. The van der Waals surface area contributed by atoms with Crippen molar-refractivity contribution in [3.63, 3.8) is 0 Å². The average molecular weight is 367 g/mol. The van der Waals surface area contributed by atoms with Crippen molar-refractivity contribution in [2.24, 2.45) is 0 Å². The zero-order chi connectivity index (χ0) is 18.7. The number of para-hydroxylation sites is 1. The largest absolute Gasteiger partial charge is 0.497 e. The van der Waals surface area contributed by atoms with Gasteiger partial charge in [-0.2, -0.15) is 0 Å². The Labute approximate surface area is 158 Å². The monoisotopic (exact) mass is 367 g/mol. The van der Waals surface area contributed by atoms with Gasteiger partial charge >= 0.3 is 0 Å². The van der Waals surface area contributed by atoms with E-state index in [0.717, 1.165) is 28.3 Å². The van der Waals surface area contributed by atoms with Crippen LogP contribution < -0.4 is 20.7 Å². The lowest BCUT2D eigenvalue weighted by Gasteiger charge is -2.31. The molecular formula is C20H21N3O2S. The molecule has 1 atom stereocenters. The molecule has 0 spiro atoms. The molecule has 0 saturated heterocycles. The van der Waals surface area contributed by atoms with Gasteiger partial charge in [0.2, 0.25) is 0 Å². The number of anilines is 1. The SMILES string of the molecule is COc1ccc([C@@H]2NC(=S)NC(C)=C2C(=O)Nc2ccccc2)c(C)c1. The number of thiocarbonyl (C=S) groups is 1. The van der Waals surface area contributed by atoms with Crippen LogP contribution in [0.4, 0.5) is 5.69 Å². The number of methoxy groups -OCH3 is 1. The van der Waals surface area contributed by atoms with E-state index in [4.69, 9.17) is 17.0 Å². The Morgan fingerprint density at radius 1 is 1.15 bits per heavy atom. The van der Waals surface area contributed by atoms with Crippen LogP contribution in [-0.2, 0) is 4.79 Å². The molecule has 0 radical (unpaired) electrons. The molecule has 2 aromatic rings. The minimum Gasteiger partial charge on any atom is -0.497 e. The van der Waals surface area contributed by atoms with Gasteiger partial charge in [0.25, 0.3) is 5.91 Å². The van der Waals surface area contributed by atoms with Gasteiger partial charge < -0.3 is 20.7 Å². The van der Waals surface area contributed by atoms with Crippen LogP contribution in [0.15, 0.2) is 59.8 Å². The summed E-state index contributed by atoms with van der Waals surface area (Å²) in [6.45, 7) is 3.85. The molecule has 3 rings (SSSR count). The molecule has 134 valence electrons. The number of allylic oxidation sites excluding steroid dienone is 1. The number of benzene rings is 2. The highest BCUT2D eigenvalue weighted by atomic mass is 32.1. The molecule has 0 aromatic heterocycles. The van der Waals surface area contributed by atoms with Crippen LogP contribution in [0.5, 0.6) is 5.75 Å². The van der Waals surface area contributed by atoms with Crippen molar-refractivity contribution in [3.8, 4) is 5.75 Å². The van der Waals surface area contributed by atoms with Crippen LogP contribution in [0, 0.1) is 6.92 Å². The highest BCUT2D eigenvalue weighted by molar-refractivity contribution is 7.80. The van der Waals surface area contributed by atoms with Gasteiger partial charge in [0, 0.05) is 11.4 Å². The normalized spacial score (nSPS) is 16.6. The molecule has 0 saturated carbocycles. The van der Waals surface area contributed by atoms with E-state index in [9.17, 15) is 4.79 Å². The van der Waals surface area contributed by atoms with E-state index in [2.05, 4.69) is 16.0 Å². The second-order valence-corrected chi connectivity index (χ2v) is 6.52. The van der Waals surface area contributed by atoms with E-state index in [1.807, 2.05) is 62.4 Å². The topological polar surface area (TPSA) is 62.4 Å². The van der Waals surface area contributed by atoms with Gasteiger partial charge in [-0.25, -0.2) is 0 Å². The first-order valence-electron chi connectivity index (χ1n) is 8.29. The van der Waals surface area contributed by atoms with Crippen molar-refractivity contribution in [1.29, 1.82) is 0 Å². The van der Waals surface area contributed by atoms with Gasteiger partial charge in [0.15, 0.2) is 5.11 Å². The molecule has 0 aliphatic carbocycles. The lowest BCUT2D eigenvalue weighted by Crippen LogP contribution is -2.46. The summed E-state index contributed by atoms with van der Waals surface area (Å²) in [5, 5.41) is 9.72. The van der Waals surface area contributed by atoms with Gasteiger partial charge in [-0.05, 0) is 61.5 Å². The standard InChI is InChI=1S/C20H21N3O2S/c1-12-11-15(25-3)9-10-16(12)18-17(13(2)21-20(26)23-18)19(24)22-14-7-5-4-6-8-14/h4-11,18H,1-3H3,(H,22,24)(H2,21,23,26)/t18-/m0/s1. The Balaban J connectivity index is 1.98. The maximum Gasteiger partial charge on any atom is 0.255 e. The maximum absolute atomic E-state index is 13.0. The average Bonchev–Trinajstić information content (AvgIpc) is 2.61. The van der Waals surface area contributed by atoms with Gasteiger partial charge in [0.05, 0.1) is 18.7 Å². The van der Waals surface area contributed by atoms with Gasteiger partial charge in [0.1, 0.15) is 5.75 Å². The third-order valence-electron chi connectivity index (χ3n) is 4.33. The molecule has 0 bridgehead atoms. The molecule has 26 heavy (non-hydrogen) atoms. The van der Waals surface area contributed by atoms with Crippen LogP contribution >= 0.6 is 12.2 Å². The fraction of sp³-hybridized carbons (Fsp3) is 0.200. The van der Waals surface area contributed by atoms with Crippen LogP contribution in [0.2, 0.25) is 0 Å². The Hall–Kier alpha value is -2.86. The number of rotatable bonds is 4. The van der Waals surface area contributed by atoms with Crippen molar-refractivity contribution in [3.05, 3.63) is 70.9 Å². The van der Waals surface area contributed by atoms with E-state index >= 15 is 0 Å². The quantitative estimate of drug-likeness (QED) is 0.723. The van der Waals surface area contributed by atoms with Crippen molar-refractivity contribution in [1.82, 2.24) is 10.6 Å². The van der Waals surface area contributed by atoms with Crippen LogP contribution in [0.1, 0.15) is 24.1 Å². The minimum absolute atomic E-state index is 0.170. The Kier molecular flexibility index (Phi) is 5.23. The van der Waals surface area contributed by atoms with E-state index in [-0.39, 0.29) is 11.9 Å². The van der Waals surface area contributed by atoms with Crippen molar-refractivity contribution in [2.75, 3.05) is 12.4 Å². The smallest absolute Gasteiger partial charge is 0.255 e. The van der Waals surface area contributed by atoms with Crippen LogP contribution in [-0.4, -0.2) is 18.1 Å². The van der Waals surface area contributed by atoms with Crippen molar-refractivity contribution in [2.45, 2.75) is 19.9 Å². The Morgan fingerprint density at radius 3 is 2.54 bits per heavy atom. The first-order valence-corrected chi connectivity index (χ1v) is 8.69. The van der Waals surface area contributed by atoms with Gasteiger partial charge in [-0.3, -0.25) is 4.79 Å². The van der Waals surface area contributed by atoms with Crippen LogP contribution in [0.25, 0.3) is 0 Å². The number of carbonyl (C=O) groups excluding carboxylic acids is 1. The predicted octanol–water partition coefficient (Wildman–Crippen LogP) is 3.44. The van der Waals surface area contributed by atoms with Crippen LogP contribution in [0.3, 0.4) is 0 Å². The summed E-state index contributed by atoms with van der Waals surface area (Å²) < 4.78 is 5.28. The maximum atomic E-state index is 13.0. The molecule has 6 heteroatoms. The first-order chi connectivity index (χ1) is 12.5. The van der Waals surface area contributed by atoms with Crippen molar-refractivity contribution >= 4 is 28.9 Å². The third-order valence-corrected chi connectivity index (χ3v) is 4.55. The number of nitrogens with one attached hydrogen (secondary N) is 3. The molecular weight excluding hydrogens is 346 g/mol. The molecule has 1 amide bonds. The molecule has 2 aromatic carbocycles. The summed E-state index contributed by atoms with van der Waals surface area (Å²) in [7, 11) is 1.63. The van der Waals surface area contributed by atoms with Crippen molar-refractivity contribution < 1.29 is 9.53 Å². The van der Waals surface area contributed by atoms with Gasteiger partial charge in [-0.15, -0.1) is 0 Å². The molecule has 1 aliphatic rings. The Bertz CT molecular complexity index is 878. The zero-order valence-corrected chi connectivity index (χ0v) is 15.7. The van der Waals surface area contributed by atoms with E-state index in [1.165, 1.54) is 0 Å². The number of ether oxygens (including phenoxy) is 1. The molecule has 1 heterocycles. The first kappa shape index (κ1) is 17.9. The summed E-state index contributed by atoms with van der Waals surface area (Å²) in [5.41, 5.74) is 4.09. The number of hydrogen-bond acceptors (Lipinski definition) is 3. The number of carbonyl (C=O) groups is 1. The van der Waals surface area contributed by atoms with E-state index < -0.39 is 0 Å². The number of aryl methyl sites for hydroxylation is 1. The fourth-order valence-corrected chi connectivity index (χ4v) is 3.32. The molecule has 3 N–H and O–H groups in total. The number of hydrogen-bond donors (Lipinski definition) is 3. The van der Waals surface area contributed by atoms with E-state index in [1.54, 1.807) is 7.11 Å². The molecule has 1 aliphatic heterocycles.